The van der Waals surface area contributed by atoms with E-state index in [0.29, 0.717) is 17.1 Å². The Bertz CT molecular complexity index is 840. The molecule has 2 heterocycles. The van der Waals surface area contributed by atoms with Gasteiger partial charge in [-0.05, 0) is 46.5 Å². The van der Waals surface area contributed by atoms with Crippen LogP contribution in [0.4, 0.5) is 0 Å². The fourth-order valence-corrected chi connectivity index (χ4v) is 3.43. The predicted molar refractivity (Wildman–Crippen MR) is 98.2 cm³/mol. The maximum absolute atomic E-state index is 12.6. The van der Waals surface area contributed by atoms with E-state index in [4.69, 9.17) is 11.6 Å². The molecule has 6 heteroatoms. The maximum atomic E-state index is 12.6. The summed E-state index contributed by atoms with van der Waals surface area (Å²) in [5, 5.41) is 12.0. The fourth-order valence-electron chi connectivity index (χ4n) is 2.57. The Morgan fingerprint density at radius 3 is 2.88 bits per heavy atom. The van der Waals surface area contributed by atoms with Crippen LogP contribution >= 0.6 is 22.9 Å². The fraction of sp³-hybridized carbons (Fsp3) is 0.222. The molecule has 0 spiro atoms. The van der Waals surface area contributed by atoms with Crippen LogP contribution in [0.15, 0.2) is 47.3 Å². The number of carbonyl (C=O) groups is 1. The van der Waals surface area contributed by atoms with Gasteiger partial charge in [-0.25, -0.2) is 4.68 Å². The molecule has 0 saturated heterocycles. The van der Waals surface area contributed by atoms with Gasteiger partial charge in [0.1, 0.15) is 0 Å². The van der Waals surface area contributed by atoms with Crippen LogP contribution < -0.4 is 5.32 Å². The molecule has 0 radical (unpaired) electrons. The predicted octanol–water partition coefficient (Wildman–Crippen LogP) is 4.64. The van der Waals surface area contributed by atoms with Crippen LogP contribution in [0, 0.1) is 0 Å². The SMILES string of the molecule is CC(C)c1c(C(=O)NCc2ccsc2)cnn1-c1cccc(Cl)c1. The second-order valence-corrected chi connectivity index (χ2v) is 7.02. The number of nitrogens with one attached hydrogen (secondary N) is 1. The number of carbonyl (C=O) groups excluding carboxylic acids is 1. The standard InChI is InChI=1S/C18H18ClN3OS/c1-12(2)17-16(18(23)20-9-13-6-7-24-11-13)10-21-22(17)15-5-3-4-14(19)8-15/h3-8,10-12H,9H2,1-2H3,(H,20,23). The molecule has 0 bridgehead atoms. The molecule has 0 aliphatic rings. The molecule has 3 rings (SSSR count). The Morgan fingerprint density at radius 2 is 2.21 bits per heavy atom. The third-order valence-corrected chi connectivity index (χ3v) is 4.65. The Hall–Kier alpha value is -2.11. The number of aromatic nitrogens is 2. The molecule has 0 saturated carbocycles. The normalized spacial score (nSPS) is 11.0. The van der Waals surface area contributed by atoms with Crippen molar-refractivity contribution in [1.29, 1.82) is 0 Å². The first-order valence-corrected chi connectivity index (χ1v) is 9.01. The summed E-state index contributed by atoms with van der Waals surface area (Å²) in [5.74, 6) is 0.0338. The molecule has 2 aromatic heterocycles. The van der Waals surface area contributed by atoms with Crippen LogP contribution in [0.1, 0.15) is 41.4 Å². The Balaban J connectivity index is 1.89. The van der Waals surface area contributed by atoms with E-state index >= 15 is 0 Å². The quantitative estimate of drug-likeness (QED) is 0.721. The van der Waals surface area contributed by atoms with Crippen molar-refractivity contribution in [2.24, 2.45) is 0 Å². The highest BCUT2D eigenvalue weighted by atomic mass is 35.5. The molecule has 24 heavy (non-hydrogen) atoms. The summed E-state index contributed by atoms with van der Waals surface area (Å²) in [6.45, 7) is 4.61. The highest BCUT2D eigenvalue weighted by Gasteiger charge is 2.20. The van der Waals surface area contributed by atoms with Crippen LogP contribution in [0.25, 0.3) is 5.69 Å². The number of rotatable bonds is 5. The number of halogens is 1. The molecule has 0 aliphatic heterocycles. The van der Waals surface area contributed by atoms with Crippen molar-refractivity contribution >= 4 is 28.8 Å². The monoisotopic (exact) mass is 359 g/mol. The van der Waals surface area contributed by atoms with Gasteiger partial charge in [0.05, 0.1) is 23.1 Å². The molecule has 0 atom stereocenters. The van der Waals surface area contributed by atoms with Crippen LogP contribution in [0.2, 0.25) is 5.02 Å². The smallest absolute Gasteiger partial charge is 0.255 e. The van der Waals surface area contributed by atoms with Crippen LogP contribution in [0.3, 0.4) is 0 Å². The molecule has 0 aliphatic carbocycles. The van der Waals surface area contributed by atoms with E-state index in [2.05, 4.69) is 10.4 Å². The zero-order valence-corrected chi connectivity index (χ0v) is 15.1. The van der Waals surface area contributed by atoms with Crippen LogP contribution in [0.5, 0.6) is 0 Å². The van der Waals surface area contributed by atoms with Gasteiger partial charge in [0.25, 0.3) is 5.91 Å². The van der Waals surface area contributed by atoms with E-state index in [1.807, 2.05) is 54.9 Å². The van der Waals surface area contributed by atoms with Crippen LogP contribution in [-0.2, 0) is 6.54 Å². The molecule has 0 unspecified atom stereocenters. The minimum absolute atomic E-state index is 0.113. The van der Waals surface area contributed by atoms with Gasteiger partial charge in [-0.3, -0.25) is 4.79 Å². The molecule has 1 amide bonds. The van der Waals surface area contributed by atoms with Gasteiger partial charge >= 0.3 is 0 Å². The van der Waals surface area contributed by atoms with Crippen molar-refractivity contribution in [1.82, 2.24) is 15.1 Å². The molecule has 4 nitrogen and oxygen atoms in total. The second kappa shape index (κ2) is 7.20. The van der Waals surface area contributed by atoms with E-state index in [9.17, 15) is 4.79 Å². The van der Waals surface area contributed by atoms with Crippen molar-refractivity contribution in [2.75, 3.05) is 0 Å². The minimum Gasteiger partial charge on any atom is -0.348 e. The third kappa shape index (κ3) is 3.52. The van der Waals surface area contributed by atoms with E-state index in [1.165, 1.54) is 0 Å². The molecular formula is C18H18ClN3OS. The topological polar surface area (TPSA) is 46.9 Å². The zero-order valence-electron chi connectivity index (χ0n) is 13.5. The molecular weight excluding hydrogens is 342 g/mol. The first-order valence-electron chi connectivity index (χ1n) is 7.69. The average molecular weight is 360 g/mol. The molecule has 0 fully saturated rings. The lowest BCUT2D eigenvalue weighted by Crippen LogP contribution is -2.24. The summed E-state index contributed by atoms with van der Waals surface area (Å²) >= 11 is 7.70. The van der Waals surface area contributed by atoms with Gasteiger partial charge in [-0.2, -0.15) is 16.4 Å². The first-order chi connectivity index (χ1) is 11.6. The van der Waals surface area contributed by atoms with E-state index in [-0.39, 0.29) is 11.8 Å². The summed E-state index contributed by atoms with van der Waals surface area (Å²) in [6, 6.07) is 9.47. The average Bonchev–Trinajstić information content (AvgIpc) is 3.22. The van der Waals surface area contributed by atoms with E-state index < -0.39 is 0 Å². The summed E-state index contributed by atoms with van der Waals surface area (Å²) < 4.78 is 1.79. The van der Waals surface area contributed by atoms with Gasteiger partial charge in [0, 0.05) is 11.6 Å². The molecule has 1 aromatic carbocycles. The highest BCUT2D eigenvalue weighted by molar-refractivity contribution is 7.07. The lowest BCUT2D eigenvalue weighted by atomic mass is 10.0. The minimum atomic E-state index is -0.113. The van der Waals surface area contributed by atoms with E-state index in [0.717, 1.165) is 16.9 Å². The lowest BCUT2D eigenvalue weighted by Gasteiger charge is -2.13. The maximum Gasteiger partial charge on any atom is 0.255 e. The molecule has 124 valence electrons. The third-order valence-electron chi connectivity index (χ3n) is 3.68. The van der Waals surface area contributed by atoms with Crippen molar-refractivity contribution in [3.8, 4) is 5.69 Å². The van der Waals surface area contributed by atoms with Crippen molar-refractivity contribution in [3.05, 3.63) is 69.1 Å². The number of nitrogens with zero attached hydrogens (tertiary/aromatic N) is 2. The lowest BCUT2D eigenvalue weighted by molar-refractivity contribution is 0.0949. The number of hydrogen-bond donors (Lipinski definition) is 1. The summed E-state index contributed by atoms with van der Waals surface area (Å²) in [4.78, 5) is 12.6. The van der Waals surface area contributed by atoms with Gasteiger partial charge in [-0.1, -0.05) is 31.5 Å². The van der Waals surface area contributed by atoms with Crippen molar-refractivity contribution in [3.63, 3.8) is 0 Å². The summed E-state index contributed by atoms with van der Waals surface area (Å²) in [5.41, 5.74) is 3.42. The first kappa shape index (κ1) is 16.7. The van der Waals surface area contributed by atoms with E-state index in [1.54, 1.807) is 22.2 Å². The Labute approximate surface area is 150 Å². The van der Waals surface area contributed by atoms with Gasteiger partial charge in [0.2, 0.25) is 0 Å². The number of amides is 1. The van der Waals surface area contributed by atoms with Gasteiger partial charge in [0.15, 0.2) is 0 Å². The zero-order chi connectivity index (χ0) is 17.1. The number of hydrogen-bond acceptors (Lipinski definition) is 3. The number of benzene rings is 1. The summed E-state index contributed by atoms with van der Waals surface area (Å²) in [7, 11) is 0. The van der Waals surface area contributed by atoms with Crippen LogP contribution in [-0.4, -0.2) is 15.7 Å². The largest absolute Gasteiger partial charge is 0.348 e. The number of thiophene rings is 1. The van der Waals surface area contributed by atoms with Crippen molar-refractivity contribution in [2.45, 2.75) is 26.3 Å². The van der Waals surface area contributed by atoms with Gasteiger partial charge in [-0.15, -0.1) is 0 Å². The Kier molecular flexibility index (Phi) is 5.02. The molecule has 3 aromatic rings. The van der Waals surface area contributed by atoms with Gasteiger partial charge < -0.3 is 5.32 Å². The van der Waals surface area contributed by atoms with Crippen molar-refractivity contribution < 1.29 is 4.79 Å². The summed E-state index contributed by atoms with van der Waals surface area (Å²) in [6.07, 6.45) is 1.62. The Morgan fingerprint density at radius 1 is 1.38 bits per heavy atom. The highest BCUT2D eigenvalue weighted by Crippen LogP contribution is 2.24. The molecule has 1 N–H and O–H groups in total. The second-order valence-electron chi connectivity index (χ2n) is 5.80.